The average Bonchev–Trinajstić information content (AvgIpc) is 3.73. The summed E-state index contributed by atoms with van der Waals surface area (Å²) in [6.07, 6.45) is 13.5. The molecule has 0 aliphatic heterocycles. The Morgan fingerprint density at radius 3 is 1.97 bits per heavy atom. The maximum Gasteiger partial charge on any atom is 0.346 e. The van der Waals surface area contributed by atoms with E-state index in [1.54, 1.807) is 22.7 Å². The van der Waals surface area contributed by atoms with E-state index in [2.05, 4.69) is 55.6 Å². The summed E-state index contributed by atoms with van der Waals surface area (Å²) in [4.78, 5) is 19.9. The molecule has 4 aromatic rings. The molecule has 1 N–H and O–H groups in total. The first-order valence-electron chi connectivity index (χ1n) is 13.8. The fourth-order valence-corrected chi connectivity index (χ4v) is 9.14. The second kappa shape index (κ2) is 14.8. The second-order valence-electron chi connectivity index (χ2n) is 9.70. The molecule has 3 nitrogen and oxygen atoms in total. The number of rotatable bonds is 15. The van der Waals surface area contributed by atoms with Gasteiger partial charge in [0.2, 0.25) is 0 Å². The van der Waals surface area contributed by atoms with E-state index < -0.39 is 5.97 Å². The van der Waals surface area contributed by atoms with E-state index in [0.29, 0.717) is 0 Å². The van der Waals surface area contributed by atoms with Gasteiger partial charge in [0, 0.05) is 34.1 Å². The number of carbonyl (C=O) groups is 1. The molecule has 0 atom stereocenters. The molecule has 0 aliphatic carbocycles. The topological polar surface area (TPSA) is 61.1 Å². The van der Waals surface area contributed by atoms with Crippen LogP contribution in [0.5, 0.6) is 0 Å². The van der Waals surface area contributed by atoms with Crippen molar-refractivity contribution in [2.75, 3.05) is 0 Å². The van der Waals surface area contributed by atoms with E-state index in [9.17, 15) is 15.2 Å². The molecule has 0 aliphatic rings. The standard InChI is InChI=1S/C32H35NO2S4/c1-3-5-7-9-11-22-17-18-36-30(22)28-15-13-26(38-28)27-14-16-29(39-27)31-23(12-10-8-6-4-2)19-25(37-31)20-24(21-33)32(34)35/h13-20H,3-12H2,1-2H3,(H,34,35)/b24-20-. The lowest BCUT2D eigenvalue weighted by molar-refractivity contribution is -0.132. The van der Waals surface area contributed by atoms with E-state index >= 15 is 0 Å². The first-order chi connectivity index (χ1) is 19.0. The Kier molecular flexibility index (Phi) is 11.2. The van der Waals surface area contributed by atoms with E-state index in [1.165, 1.54) is 91.4 Å². The summed E-state index contributed by atoms with van der Waals surface area (Å²) in [5.41, 5.74) is 2.49. The van der Waals surface area contributed by atoms with Crippen LogP contribution in [0, 0.1) is 11.3 Å². The molecular weight excluding hydrogens is 559 g/mol. The number of nitriles is 1. The van der Waals surface area contributed by atoms with Gasteiger partial charge in [0.15, 0.2) is 0 Å². The lowest BCUT2D eigenvalue weighted by Crippen LogP contribution is -1.96. The molecule has 204 valence electrons. The Bertz CT molecular complexity index is 1440. The van der Waals surface area contributed by atoms with E-state index in [1.807, 2.05) is 28.7 Å². The lowest BCUT2D eigenvalue weighted by Gasteiger charge is -2.02. The number of carboxylic acids is 1. The Labute approximate surface area is 248 Å². The number of thiophene rings is 4. The van der Waals surface area contributed by atoms with Crippen molar-refractivity contribution < 1.29 is 9.90 Å². The minimum atomic E-state index is -1.18. The van der Waals surface area contributed by atoms with Gasteiger partial charge in [-0.2, -0.15) is 5.26 Å². The van der Waals surface area contributed by atoms with Gasteiger partial charge in [0.05, 0.1) is 0 Å². The summed E-state index contributed by atoms with van der Waals surface area (Å²) < 4.78 is 0. The van der Waals surface area contributed by atoms with Crippen LogP contribution in [0.3, 0.4) is 0 Å². The molecule has 7 heteroatoms. The number of hydrogen-bond donors (Lipinski definition) is 1. The van der Waals surface area contributed by atoms with E-state index in [4.69, 9.17) is 0 Å². The quantitative estimate of drug-likeness (QED) is 0.0847. The van der Waals surface area contributed by atoms with Gasteiger partial charge in [-0.15, -0.1) is 45.3 Å². The summed E-state index contributed by atoms with van der Waals surface area (Å²) >= 11 is 7.10. The number of unbranched alkanes of at least 4 members (excludes halogenated alkanes) is 6. The maximum atomic E-state index is 11.4. The number of aliphatic carboxylic acids is 1. The van der Waals surface area contributed by atoms with Gasteiger partial charge in [-0.25, -0.2) is 4.79 Å². The Balaban J connectivity index is 1.57. The van der Waals surface area contributed by atoms with Crippen LogP contribution >= 0.6 is 45.3 Å². The molecule has 4 aromatic heterocycles. The minimum absolute atomic E-state index is 0.225. The van der Waals surface area contributed by atoms with Crippen LogP contribution < -0.4 is 0 Å². The van der Waals surface area contributed by atoms with Crippen LogP contribution in [0.15, 0.2) is 47.4 Å². The number of nitrogens with zero attached hydrogens (tertiary/aromatic N) is 1. The van der Waals surface area contributed by atoms with Crippen molar-refractivity contribution in [1.29, 1.82) is 5.26 Å². The summed E-state index contributed by atoms with van der Waals surface area (Å²) in [5.74, 6) is -1.18. The lowest BCUT2D eigenvalue weighted by atomic mass is 10.1. The van der Waals surface area contributed by atoms with Crippen LogP contribution in [0.1, 0.15) is 81.2 Å². The van der Waals surface area contributed by atoms with Crippen LogP contribution in [-0.2, 0) is 17.6 Å². The fraction of sp³-hybridized carbons (Fsp3) is 0.375. The van der Waals surface area contributed by atoms with E-state index in [-0.39, 0.29) is 5.57 Å². The minimum Gasteiger partial charge on any atom is -0.477 e. The highest BCUT2D eigenvalue weighted by Gasteiger charge is 2.17. The first kappa shape index (κ1) is 29.5. The van der Waals surface area contributed by atoms with Gasteiger partial charge in [-0.3, -0.25) is 0 Å². The molecule has 0 aromatic carbocycles. The van der Waals surface area contributed by atoms with Crippen molar-refractivity contribution in [1.82, 2.24) is 0 Å². The van der Waals surface area contributed by atoms with Crippen molar-refractivity contribution in [3.8, 4) is 35.3 Å². The molecule has 0 unspecified atom stereocenters. The fourth-order valence-electron chi connectivity index (χ4n) is 4.62. The average molecular weight is 594 g/mol. The zero-order valence-corrected chi connectivity index (χ0v) is 25.9. The molecule has 0 bridgehead atoms. The molecule has 0 radical (unpaired) electrons. The Morgan fingerprint density at radius 1 is 0.795 bits per heavy atom. The van der Waals surface area contributed by atoms with Crippen molar-refractivity contribution in [3.63, 3.8) is 0 Å². The number of hydrogen-bond acceptors (Lipinski definition) is 6. The van der Waals surface area contributed by atoms with Crippen LogP contribution in [0.25, 0.3) is 35.3 Å². The third-order valence-corrected chi connectivity index (χ3v) is 11.5. The van der Waals surface area contributed by atoms with Gasteiger partial charge < -0.3 is 5.11 Å². The highest BCUT2D eigenvalue weighted by atomic mass is 32.1. The van der Waals surface area contributed by atoms with Crippen LogP contribution in [0.4, 0.5) is 0 Å². The third-order valence-electron chi connectivity index (χ3n) is 6.71. The molecule has 0 spiro atoms. The molecule has 0 fully saturated rings. The molecule has 4 rings (SSSR count). The highest BCUT2D eigenvalue weighted by Crippen LogP contribution is 2.45. The number of aryl methyl sites for hydroxylation is 2. The smallest absolute Gasteiger partial charge is 0.346 e. The van der Waals surface area contributed by atoms with Crippen molar-refractivity contribution in [3.05, 3.63) is 63.4 Å². The first-order valence-corrected chi connectivity index (χ1v) is 17.1. The largest absolute Gasteiger partial charge is 0.477 e. The highest BCUT2D eigenvalue weighted by molar-refractivity contribution is 7.28. The summed E-state index contributed by atoms with van der Waals surface area (Å²) in [6.45, 7) is 4.47. The summed E-state index contributed by atoms with van der Waals surface area (Å²) in [7, 11) is 0. The molecule has 0 saturated carbocycles. The van der Waals surface area contributed by atoms with Crippen molar-refractivity contribution >= 4 is 57.4 Å². The predicted octanol–water partition coefficient (Wildman–Crippen LogP) is 11.2. The normalized spacial score (nSPS) is 11.7. The molecule has 39 heavy (non-hydrogen) atoms. The summed E-state index contributed by atoms with van der Waals surface area (Å²) in [5, 5.41) is 20.8. The Morgan fingerprint density at radius 2 is 1.38 bits per heavy atom. The van der Waals surface area contributed by atoms with Gasteiger partial charge in [-0.1, -0.05) is 52.4 Å². The van der Waals surface area contributed by atoms with Crippen molar-refractivity contribution in [2.45, 2.75) is 78.1 Å². The van der Waals surface area contributed by atoms with Crippen molar-refractivity contribution in [2.24, 2.45) is 0 Å². The SMILES string of the molecule is CCCCCCc1ccsc1-c1ccc(-c2ccc(-c3sc(/C=C(/C#N)C(=O)O)cc3CCCCCC)s2)s1. The maximum absolute atomic E-state index is 11.4. The zero-order chi connectivity index (χ0) is 27.6. The third kappa shape index (κ3) is 7.79. The second-order valence-corrected chi connectivity index (χ2v) is 13.9. The van der Waals surface area contributed by atoms with Gasteiger partial charge in [-0.05, 0) is 84.7 Å². The monoisotopic (exact) mass is 593 g/mol. The predicted molar refractivity (Wildman–Crippen MR) is 171 cm³/mol. The van der Waals surface area contributed by atoms with Gasteiger partial charge in [0.1, 0.15) is 11.6 Å². The Hall–Kier alpha value is -2.50. The molecule has 0 amide bonds. The van der Waals surface area contributed by atoms with Gasteiger partial charge in [0.25, 0.3) is 0 Å². The molecular formula is C32H35NO2S4. The summed E-state index contributed by atoms with van der Waals surface area (Å²) in [6, 6.07) is 15.1. The van der Waals surface area contributed by atoms with Gasteiger partial charge >= 0.3 is 5.97 Å². The number of carboxylic acid groups (broad SMARTS) is 1. The van der Waals surface area contributed by atoms with Crippen LogP contribution in [0.2, 0.25) is 0 Å². The van der Waals surface area contributed by atoms with Crippen LogP contribution in [-0.4, -0.2) is 11.1 Å². The molecule has 4 heterocycles. The van der Waals surface area contributed by atoms with E-state index in [0.717, 1.165) is 24.1 Å². The zero-order valence-electron chi connectivity index (χ0n) is 22.6. The molecule has 0 saturated heterocycles.